The third kappa shape index (κ3) is 4.85. The largest absolute Gasteiger partial charge is 0.354 e. The van der Waals surface area contributed by atoms with Gasteiger partial charge in [-0.25, -0.2) is 12.8 Å². The number of halogens is 1. The van der Waals surface area contributed by atoms with E-state index in [-0.39, 0.29) is 22.0 Å². The molecule has 0 bridgehead atoms. The second-order valence-corrected chi connectivity index (χ2v) is 11.4. The number of rotatable bonds is 6. The minimum Gasteiger partial charge on any atom is -0.354 e. The zero-order chi connectivity index (χ0) is 24.5. The van der Waals surface area contributed by atoms with Crippen molar-refractivity contribution in [2.45, 2.75) is 50.0 Å². The normalized spacial score (nSPS) is 15.8. The number of benzene rings is 3. The first-order valence-corrected chi connectivity index (χ1v) is 12.8. The number of hydrogen-bond acceptors (Lipinski definition) is 3. The van der Waals surface area contributed by atoms with Crippen molar-refractivity contribution in [3.05, 3.63) is 95.3 Å². The lowest BCUT2D eigenvalue weighted by Crippen LogP contribution is -2.48. The number of carbonyl (C=O) groups excluding carboxylic acids is 1. The molecule has 0 saturated carbocycles. The Morgan fingerprint density at radius 2 is 1.65 bits per heavy atom. The zero-order valence-corrected chi connectivity index (χ0v) is 20.4. The van der Waals surface area contributed by atoms with E-state index in [1.807, 2.05) is 24.3 Å². The highest BCUT2D eigenvalue weighted by Gasteiger charge is 2.42. The van der Waals surface area contributed by atoms with Gasteiger partial charge in [0.1, 0.15) is 11.9 Å². The van der Waals surface area contributed by atoms with Crippen LogP contribution in [0.25, 0.3) is 0 Å². The van der Waals surface area contributed by atoms with E-state index in [1.165, 1.54) is 16.4 Å². The number of carbonyl (C=O) groups is 1. The third-order valence-corrected chi connectivity index (χ3v) is 7.97. The van der Waals surface area contributed by atoms with Crippen LogP contribution in [0.15, 0.2) is 77.7 Å². The van der Waals surface area contributed by atoms with E-state index in [4.69, 9.17) is 0 Å². The molecule has 3 aromatic carbocycles. The van der Waals surface area contributed by atoms with Crippen LogP contribution in [0.2, 0.25) is 0 Å². The molecule has 0 spiro atoms. The Hall–Kier alpha value is -3.19. The molecule has 1 N–H and O–H groups in total. The summed E-state index contributed by atoms with van der Waals surface area (Å²) in [6.45, 7) is 6.53. The van der Waals surface area contributed by atoms with Crippen LogP contribution in [0.4, 0.5) is 10.1 Å². The Labute approximate surface area is 200 Å². The van der Waals surface area contributed by atoms with Crippen LogP contribution in [0, 0.1) is 5.82 Å². The van der Waals surface area contributed by atoms with Crippen molar-refractivity contribution in [3.8, 4) is 0 Å². The standard InChI is InChI=1S/C27H29FN2O3S/c1-27(2,3)21-10-14-23(15-11-21)34(32,33)30-24-7-5-4-6-20(24)18-25(30)26(31)29-17-16-19-8-12-22(28)13-9-19/h4-15,25H,16-18H2,1-3H3,(H,29,31)/t25-/m0/s1. The van der Waals surface area contributed by atoms with Crippen molar-refractivity contribution in [1.29, 1.82) is 0 Å². The molecule has 1 atom stereocenters. The van der Waals surface area contributed by atoms with E-state index >= 15 is 0 Å². The number of nitrogens with zero attached hydrogens (tertiary/aromatic N) is 1. The Morgan fingerprint density at radius 1 is 1.00 bits per heavy atom. The minimum atomic E-state index is -3.96. The molecule has 1 amide bonds. The molecular formula is C27H29FN2O3S. The smallest absolute Gasteiger partial charge is 0.265 e. The summed E-state index contributed by atoms with van der Waals surface area (Å²) in [4.78, 5) is 13.3. The molecule has 5 nitrogen and oxygen atoms in total. The van der Waals surface area contributed by atoms with Crippen molar-refractivity contribution in [3.63, 3.8) is 0 Å². The summed E-state index contributed by atoms with van der Waals surface area (Å²) in [5.41, 5.74) is 3.16. The first kappa shape index (κ1) is 24.0. The van der Waals surface area contributed by atoms with Gasteiger partial charge in [0.05, 0.1) is 10.6 Å². The molecule has 0 radical (unpaired) electrons. The molecule has 1 aliphatic rings. The fraction of sp³-hybridized carbons (Fsp3) is 0.296. The molecule has 0 saturated heterocycles. The average Bonchev–Trinajstić information content (AvgIpc) is 3.20. The van der Waals surface area contributed by atoms with E-state index in [1.54, 1.807) is 36.4 Å². The summed E-state index contributed by atoms with van der Waals surface area (Å²) in [5.74, 6) is -0.666. The lowest BCUT2D eigenvalue weighted by molar-refractivity contribution is -0.122. The highest BCUT2D eigenvalue weighted by Crippen LogP contribution is 2.37. The SMILES string of the molecule is CC(C)(C)c1ccc(S(=O)(=O)N2c3ccccc3C[C@H]2C(=O)NCCc2ccc(F)cc2)cc1. The number of fused-ring (bicyclic) bond motifs is 1. The third-order valence-electron chi connectivity index (χ3n) is 6.13. The monoisotopic (exact) mass is 480 g/mol. The van der Waals surface area contributed by atoms with Gasteiger partial charge in [-0.3, -0.25) is 9.10 Å². The molecule has 34 heavy (non-hydrogen) atoms. The van der Waals surface area contributed by atoms with Crippen molar-refractivity contribution < 1.29 is 17.6 Å². The lowest BCUT2D eigenvalue weighted by atomic mass is 9.87. The quantitative estimate of drug-likeness (QED) is 0.561. The molecule has 3 aromatic rings. The first-order valence-electron chi connectivity index (χ1n) is 11.3. The summed E-state index contributed by atoms with van der Waals surface area (Å²) < 4.78 is 41.8. The molecular weight excluding hydrogens is 451 g/mol. The molecule has 0 unspecified atom stereocenters. The Balaban J connectivity index is 1.57. The van der Waals surface area contributed by atoms with Gasteiger partial charge in [-0.15, -0.1) is 0 Å². The lowest BCUT2D eigenvalue weighted by Gasteiger charge is -2.27. The molecule has 1 aliphatic heterocycles. The van der Waals surface area contributed by atoms with Gasteiger partial charge in [0, 0.05) is 13.0 Å². The molecule has 0 fully saturated rings. The van der Waals surface area contributed by atoms with Gasteiger partial charge < -0.3 is 5.32 Å². The van der Waals surface area contributed by atoms with Gasteiger partial charge in [0.15, 0.2) is 0 Å². The van der Waals surface area contributed by atoms with E-state index in [0.717, 1.165) is 16.7 Å². The maximum absolute atomic E-state index is 13.7. The summed E-state index contributed by atoms with van der Waals surface area (Å²) >= 11 is 0. The minimum absolute atomic E-state index is 0.102. The number of amides is 1. The zero-order valence-electron chi connectivity index (χ0n) is 19.6. The van der Waals surface area contributed by atoms with Gasteiger partial charge in [-0.05, 0) is 58.9 Å². The Morgan fingerprint density at radius 3 is 2.29 bits per heavy atom. The predicted octanol–water partition coefficient (Wildman–Crippen LogP) is 4.60. The number of sulfonamides is 1. The van der Waals surface area contributed by atoms with Gasteiger partial charge in [0.2, 0.25) is 5.91 Å². The van der Waals surface area contributed by atoms with Crippen LogP contribution in [0.1, 0.15) is 37.5 Å². The second kappa shape index (κ2) is 9.22. The second-order valence-electron chi connectivity index (χ2n) is 9.59. The number of anilines is 1. The number of nitrogens with one attached hydrogen (secondary N) is 1. The Kier molecular flexibility index (Phi) is 6.49. The molecule has 178 valence electrons. The van der Waals surface area contributed by atoms with Crippen LogP contribution >= 0.6 is 0 Å². The van der Waals surface area contributed by atoms with Gasteiger partial charge in [-0.1, -0.05) is 63.2 Å². The van der Waals surface area contributed by atoms with Crippen molar-refractivity contribution >= 4 is 21.6 Å². The maximum Gasteiger partial charge on any atom is 0.265 e. The molecule has 0 aliphatic carbocycles. The molecule has 4 rings (SSSR count). The fourth-order valence-corrected chi connectivity index (χ4v) is 5.84. The predicted molar refractivity (Wildman–Crippen MR) is 132 cm³/mol. The summed E-state index contributed by atoms with van der Waals surface area (Å²) in [6.07, 6.45) is 0.824. The highest BCUT2D eigenvalue weighted by molar-refractivity contribution is 7.93. The van der Waals surface area contributed by atoms with Gasteiger partial charge in [-0.2, -0.15) is 0 Å². The van der Waals surface area contributed by atoms with Crippen molar-refractivity contribution in [2.75, 3.05) is 10.8 Å². The highest BCUT2D eigenvalue weighted by atomic mass is 32.2. The van der Waals surface area contributed by atoms with Crippen LogP contribution < -0.4 is 9.62 Å². The van der Waals surface area contributed by atoms with Gasteiger partial charge in [0.25, 0.3) is 10.0 Å². The first-order chi connectivity index (χ1) is 16.1. The maximum atomic E-state index is 13.7. The molecule has 1 heterocycles. The number of para-hydroxylation sites is 1. The number of hydrogen-bond donors (Lipinski definition) is 1. The van der Waals surface area contributed by atoms with E-state index in [9.17, 15) is 17.6 Å². The van der Waals surface area contributed by atoms with Crippen molar-refractivity contribution in [1.82, 2.24) is 5.32 Å². The molecule has 0 aromatic heterocycles. The van der Waals surface area contributed by atoms with Crippen molar-refractivity contribution in [2.24, 2.45) is 0 Å². The van der Waals surface area contributed by atoms with Crippen LogP contribution in [0.3, 0.4) is 0 Å². The van der Waals surface area contributed by atoms with Crippen LogP contribution in [-0.2, 0) is 33.1 Å². The average molecular weight is 481 g/mol. The van der Waals surface area contributed by atoms with E-state index < -0.39 is 16.1 Å². The van der Waals surface area contributed by atoms with Crippen LogP contribution in [-0.4, -0.2) is 26.9 Å². The summed E-state index contributed by atoms with van der Waals surface area (Å²) in [5, 5.41) is 2.87. The van der Waals surface area contributed by atoms with Gasteiger partial charge >= 0.3 is 0 Å². The van der Waals surface area contributed by atoms with E-state index in [2.05, 4.69) is 26.1 Å². The fourth-order valence-electron chi connectivity index (χ4n) is 4.19. The summed E-state index contributed by atoms with van der Waals surface area (Å²) in [6, 6.07) is 19.3. The summed E-state index contributed by atoms with van der Waals surface area (Å²) in [7, 11) is -3.96. The Bertz CT molecular complexity index is 1280. The van der Waals surface area contributed by atoms with E-state index in [0.29, 0.717) is 25.1 Å². The topological polar surface area (TPSA) is 66.5 Å². The molecule has 7 heteroatoms. The van der Waals surface area contributed by atoms with Crippen LogP contribution in [0.5, 0.6) is 0 Å².